The third-order valence-corrected chi connectivity index (χ3v) is 3.14. The first-order valence-electron chi connectivity index (χ1n) is 6.09. The predicted molar refractivity (Wildman–Crippen MR) is 76.1 cm³/mol. The Morgan fingerprint density at radius 1 is 1.40 bits per heavy atom. The lowest BCUT2D eigenvalue weighted by Crippen LogP contribution is -2.39. The van der Waals surface area contributed by atoms with E-state index in [4.69, 9.17) is 21.4 Å². The molecule has 2 N–H and O–H groups in total. The number of aliphatic carboxylic acids is 1. The molecule has 0 unspecified atom stereocenters. The van der Waals surface area contributed by atoms with Crippen LogP contribution in [0.4, 0.5) is 0 Å². The molecule has 0 aliphatic carbocycles. The molecule has 110 valence electrons. The van der Waals surface area contributed by atoms with Gasteiger partial charge >= 0.3 is 5.97 Å². The Labute approximate surface area is 122 Å². The van der Waals surface area contributed by atoms with E-state index < -0.39 is 11.4 Å². The van der Waals surface area contributed by atoms with E-state index in [1.165, 1.54) is 7.11 Å². The summed E-state index contributed by atoms with van der Waals surface area (Å²) >= 11 is 5.88. The summed E-state index contributed by atoms with van der Waals surface area (Å²) in [6.45, 7) is 3.16. The number of amides is 1. The van der Waals surface area contributed by atoms with E-state index in [2.05, 4.69) is 5.32 Å². The number of hydrogen-bond donors (Lipinski definition) is 2. The number of carbonyl (C=O) groups is 2. The van der Waals surface area contributed by atoms with Crippen LogP contribution < -0.4 is 10.1 Å². The van der Waals surface area contributed by atoms with Crippen molar-refractivity contribution < 1.29 is 19.4 Å². The zero-order valence-corrected chi connectivity index (χ0v) is 12.5. The highest BCUT2D eigenvalue weighted by Gasteiger charge is 2.27. The minimum atomic E-state index is -1.01. The fraction of sp³-hybridized carbons (Fsp3) is 0.429. The summed E-state index contributed by atoms with van der Waals surface area (Å²) in [4.78, 5) is 22.8. The van der Waals surface area contributed by atoms with Gasteiger partial charge in [0.15, 0.2) is 0 Å². The fourth-order valence-electron chi connectivity index (χ4n) is 1.52. The second-order valence-corrected chi connectivity index (χ2v) is 5.54. The number of benzene rings is 1. The van der Waals surface area contributed by atoms with Crippen LogP contribution in [0.3, 0.4) is 0 Å². The second-order valence-electron chi connectivity index (χ2n) is 5.10. The van der Waals surface area contributed by atoms with Crippen LogP contribution in [0.15, 0.2) is 18.2 Å². The Balaban J connectivity index is 2.68. The van der Waals surface area contributed by atoms with E-state index in [1.807, 2.05) is 0 Å². The Morgan fingerprint density at radius 3 is 2.60 bits per heavy atom. The van der Waals surface area contributed by atoms with E-state index in [-0.39, 0.29) is 18.9 Å². The van der Waals surface area contributed by atoms with Crippen molar-refractivity contribution >= 4 is 23.5 Å². The molecule has 0 spiro atoms. The average Bonchev–Trinajstić information content (AvgIpc) is 2.36. The van der Waals surface area contributed by atoms with Crippen LogP contribution in [-0.4, -0.2) is 30.6 Å². The van der Waals surface area contributed by atoms with Gasteiger partial charge in [0.05, 0.1) is 18.9 Å². The molecular weight excluding hydrogens is 282 g/mol. The van der Waals surface area contributed by atoms with Crippen LogP contribution in [0.25, 0.3) is 0 Å². The minimum absolute atomic E-state index is 0.0596. The Kier molecular flexibility index (Phi) is 5.39. The van der Waals surface area contributed by atoms with Crippen LogP contribution in [0.1, 0.15) is 19.4 Å². The summed E-state index contributed by atoms with van der Waals surface area (Å²) in [5, 5.41) is 12.1. The molecule has 0 aromatic heterocycles. The number of rotatable bonds is 6. The molecule has 1 aromatic carbocycles. The van der Waals surface area contributed by atoms with E-state index >= 15 is 0 Å². The molecule has 1 aromatic rings. The second kappa shape index (κ2) is 6.61. The Hall–Kier alpha value is -1.75. The molecule has 1 rings (SSSR count). The minimum Gasteiger partial charge on any atom is -0.496 e. The zero-order valence-electron chi connectivity index (χ0n) is 11.7. The van der Waals surface area contributed by atoms with Crippen molar-refractivity contribution in [1.82, 2.24) is 5.32 Å². The quantitative estimate of drug-likeness (QED) is 0.843. The number of hydrogen-bond acceptors (Lipinski definition) is 3. The molecule has 0 aliphatic heterocycles. The lowest BCUT2D eigenvalue weighted by molar-refractivity contribution is -0.146. The van der Waals surface area contributed by atoms with Crippen molar-refractivity contribution in [1.29, 1.82) is 0 Å². The van der Waals surface area contributed by atoms with Crippen molar-refractivity contribution in [2.75, 3.05) is 13.7 Å². The molecule has 0 heterocycles. The fourth-order valence-corrected chi connectivity index (χ4v) is 1.71. The normalized spacial score (nSPS) is 11.0. The third-order valence-electron chi connectivity index (χ3n) is 2.90. The summed E-state index contributed by atoms with van der Waals surface area (Å²) in [7, 11) is 1.51. The van der Waals surface area contributed by atoms with E-state index in [0.717, 1.165) is 0 Å². The van der Waals surface area contributed by atoms with Gasteiger partial charge in [-0.2, -0.15) is 0 Å². The highest BCUT2D eigenvalue weighted by atomic mass is 35.5. The number of methoxy groups -OCH3 is 1. The maximum atomic E-state index is 11.9. The highest BCUT2D eigenvalue weighted by Crippen LogP contribution is 2.23. The molecule has 0 atom stereocenters. The van der Waals surface area contributed by atoms with Crippen LogP contribution in [0.5, 0.6) is 5.75 Å². The molecule has 0 aliphatic rings. The van der Waals surface area contributed by atoms with Crippen molar-refractivity contribution in [3.05, 3.63) is 28.8 Å². The Bertz CT molecular complexity index is 514. The lowest BCUT2D eigenvalue weighted by atomic mass is 9.94. The molecule has 0 saturated heterocycles. The molecule has 0 saturated carbocycles. The number of halogens is 1. The molecule has 20 heavy (non-hydrogen) atoms. The first kappa shape index (κ1) is 16.3. The number of ether oxygens (including phenoxy) is 1. The average molecular weight is 300 g/mol. The van der Waals surface area contributed by atoms with Crippen molar-refractivity contribution in [2.45, 2.75) is 20.3 Å². The summed E-state index contributed by atoms with van der Waals surface area (Å²) in [6.07, 6.45) is 0.0828. The van der Waals surface area contributed by atoms with Gasteiger partial charge in [-0.15, -0.1) is 0 Å². The molecule has 0 bridgehead atoms. The van der Waals surface area contributed by atoms with Gasteiger partial charge in [-0.25, -0.2) is 0 Å². The SMILES string of the molecule is COc1ccc(Cl)cc1CC(=O)NCC(C)(C)C(=O)O. The topological polar surface area (TPSA) is 75.6 Å². The van der Waals surface area contributed by atoms with Crippen LogP contribution >= 0.6 is 11.6 Å². The van der Waals surface area contributed by atoms with Gasteiger partial charge in [0.1, 0.15) is 5.75 Å². The Morgan fingerprint density at radius 2 is 2.05 bits per heavy atom. The maximum absolute atomic E-state index is 11.9. The van der Waals surface area contributed by atoms with Gasteiger partial charge < -0.3 is 15.2 Å². The lowest BCUT2D eigenvalue weighted by Gasteiger charge is -2.19. The predicted octanol–water partition coefficient (Wildman–Crippen LogP) is 2.12. The summed E-state index contributed by atoms with van der Waals surface area (Å²) in [6, 6.07) is 5.02. The van der Waals surface area contributed by atoms with Gasteiger partial charge in [0.2, 0.25) is 5.91 Å². The molecule has 0 radical (unpaired) electrons. The summed E-state index contributed by atoms with van der Waals surface area (Å²) in [5.41, 5.74) is -0.348. The number of nitrogens with one attached hydrogen (secondary N) is 1. The van der Waals surface area contributed by atoms with Crippen LogP contribution in [0.2, 0.25) is 5.02 Å². The molecule has 1 amide bonds. The van der Waals surface area contributed by atoms with Crippen molar-refractivity contribution in [3.8, 4) is 5.75 Å². The van der Waals surface area contributed by atoms with Crippen LogP contribution in [-0.2, 0) is 16.0 Å². The number of carboxylic acids is 1. The maximum Gasteiger partial charge on any atom is 0.310 e. The number of carbonyl (C=O) groups excluding carboxylic acids is 1. The zero-order chi connectivity index (χ0) is 15.3. The van der Waals surface area contributed by atoms with Gasteiger partial charge in [0.25, 0.3) is 0 Å². The molecule has 6 heteroatoms. The van der Waals surface area contributed by atoms with Gasteiger partial charge in [0, 0.05) is 17.1 Å². The third kappa shape index (κ3) is 4.42. The summed E-state index contributed by atoms with van der Waals surface area (Å²) in [5.74, 6) is -0.667. The van der Waals surface area contributed by atoms with E-state index in [1.54, 1.807) is 32.0 Å². The first-order chi connectivity index (χ1) is 9.26. The first-order valence-corrected chi connectivity index (χ1v) is 6.46. The molecule has 5 nitrogen and oxygen atoms in total. The highest BCUT2D eigenvalue weighted by molar-refractivity contribution is 6.30. The number of carboxylic acid groups (broad SMARTS) is 1. The van der Waals surface area contributed by atoms with Gasteiger partial charge in [-0.05, 0) is 32.0 Å². The van der Waals surface area contributed by atoms with E-state index in [9.17, 15) is 9.59 Å². The largest absolute Gasteiger partial charge is 0.496 e. The molecule has 0 fully saturated rings. The van der Waals surface area contributed by atoms with Gasteiger partial charge in [-0.1, -0.05) is 11.6 Å². The summed E-state index contributed by atoms with van der Waals surface area (Å²) < 4.78 is 5.15. The van der Waals surface area contributed by atoms with Crippen molar-refractivity contribution in [2.24, 2.45) is 5.41 Å². The monoisotopic (exact) mass is 299 g/mol. The van der Waals surface area contributed by atoms with E-state index in [0.29, 0.717) is 16.3 Å². The van der Waals surface area contributed by atoms with Crippen molar-refractivity contribution in [3.63, 3.8) is 0 Å². The standard InChI is InChI=1S/C14H18ClNO4/c1-14(2,13(18)19)8-16-12(17)7-9-6-10(15)4-5-11(9)20-3/h4-6H,7-8H2,1-3H3,(H,16,17)(H,18,19). The smallest absolute Gasteiger partial charge is 0.310 e. The van der Waals surface area contributed by atoms with Gasteiger partial charge in [-0.3, -0.25) is 9.59 Å². The van der Waals surface area contributed by atoms with Crippen LogP contribution in [0, 0.1) is 5.41 Å². The molecular formula is C14H18ClNO4.